The van der Waals surface area contributed by atoms with Gasteiger partial charge in [-0.2, -0.15) is 17.6 Å². The van der Waals surface area contributed by atoms with Gasteiger partial charge in [-0.1, -0.05) is 6.07 Å². The number of non-ortho nitro benzene ring substituents is 1. The van der Waals surface area contributed by atoms with E-state index in [0.29, 0.717) is 5.69 Å². The molecule has 1 heterocycles. The Bertz CT molecular complexity index is 1080. The summed E-state index contributed by atoms with van der Waals surface area (Å²) in [6.07, 6.45) is 7.34. The summed E-state index contributed by atoms with van der Waals surface area (Å²) in [5.74, 6) is 2.24. The monoisotopic (exact) mass is 415 g/mol. The van der Waals surface area contributed by atoms with Crippen molar-refractivity contribution in [3.05, 3.63) is 51.3 Å². The molecule has 4 aliphatic carbocycles. The van der Waals surface area contributed by atoms with Gasteiger partial charge in [-0.05, 0) is 81.6 Å². The van der Waals surface area contributed by atoms with Crippen LogP contribution in [0.1, 0.15) is 55.5 Å². The summed E-state index contributed by atoms with van der Waals surface area (Å²) < 4.78 is 27.7. The average molecular weight is 416 g/mol. The molecule has 0 saturated heterocycles. The number of nitro benzene ring substituents is 1. The van der Waals surface area contributed by atoms with Gasteiger partial charge >= 0.3 is 0 Å². The summed E-state index contributed by atoms with van der Waals surface area (Å²) in [5.41, 5.74) is 2.34. The van der Waals surface area contributed by atoms with Crippen molar-refractivity contribution in [3.63, 3.8) is 0 Å². The first-order valence-electron chi connectivity index (χ1n) is 10.3. The summed E-state index contributed by atoms with van der Waals surface area (Å²) in [6.45, 7) is 3.74. The summed E-state index contributed by atoms with van der Waals surface area (Å²) in [6, 6.07) is 5.19. The largest absolute Gasteiger partial charge is 0.283 e. The van der Waals surface area contributed by atoms with Crippen molar-refractivity contribution < 1.29 is 13.3 Å². The summed E-state index contributed by atoms with van der Waals surface area (Å²) in [4.78, 5) is 10.4. The van der Waals surface area contributed by atoms with Gasteiger partial charge in [0.15, 0.2) is 0 Å². The smallest absolute Gasteiger partial charge is 0.258 e. The van der Waals surface area contributed by atoms with Crippen LogP contribution in [0.4, 0.5) is 5.69 Å². The molecule has 2 aromatic rings. The van der Waals surface area contributed by atoms with Crippen LogP contribution in [0.25, 0.3) is 0 Å². The number of benzene rings is 1. The van der Waals surface area contributed by atoms with Crippen molar-refractivity contribution in [2.45, 2.75) is 62.7 Å². The molecule has 0 N–H and O–H groups in total. The molecular formula is C21H25N3O4S. The number of nitro groups is 1. The summed E-state index contributed by atoms with van der Waals surface area (Å²) in [7, 11) is -4.00. The molecule has 0 atom stereocenters. The van der Waals surface area contributed by atoms with Crippen LogP contribution in [0.5, 0.6) is 0 Å². The topological polar surface area (TPSA) is 95.1 Å². The molecule has 8 heteroatoms. The average Bonchev–Trinajstić information content (AvgIpc) is 2.96. The van der Waals surface area contributed by atoms with Crippen LogP contribution in [0.2, 0.25) is 0 Å². The third kappa shape index (κ3) is 2.75. The predicted molar refractivity (Wildman–Crippen MR) is 107 cm³/mol. The van der Waals surface area contributed by atoms with Gasteiger partial charge in [0.2, 0.25) is 0 Å². The second-order valence-electron chi connectivity index (χ2n) is 9.35. The van der Waals surface area contributed by atoms with Crippen LogP contribution in [0.15, 0.2) is 29.2 Å². The van der Waals surface area contributed by atoms with E-state index in [2.05, 4.69) is 5.10 Å². The van der Waals surface area contributed by atoms with E-state index in [0.717, 1.165) is 58.4 Å². The van der Waals surface area contributed by atoms with Gasteiger partial charge in [-0.25, -0.2) is 0 Å². The van der Waals surface area contributed by atoms with Crippen molar-refractivity contribution >= 4 is 15.7 Å². The van der Waals surface area contributed by atoms with Gasteiger partial charge in [0.1, 0.15) is 0 Å². The quantitative estimate of drug-likeness (QED) is 0.553. The highest BCUT2D eigenvalue weighted by atomic mass is 32.2. The Morgan fingerprint density at radius 2 is 1.69 bits per heavy atom. The van der Waals surface area contributed by atoms with E-state index in [9.17, 15) is 18.5 Å². The Morgan fingerprint density at radius 1 is 1.10 bits per heavy atom. The normalized spacial score (nSPS) is 30.6. The number of hydrogen-bond acceptors (Lipinski definition) is 5. The lowest BCUT2D eigenvalue weighted by Crippen LogP contribution is -2.49. The Morgan fingerprint density at radius 3 is 2.24 bits per heavy atom. The Balaban J connectivity index is 1.60. The fourth-order valence-corrected chi connectivity index (χ4v) is 8.30. The van der Waals surface area contributed by atoms with Crippen molar-refractivity contribution in [2.24, 2.45) is 17.8 Å². The van der Waals surface area contributed by atoms with Crippen LogP contribution in [0, 0.1) is 41.7 Å². The zero-order valence-electron chi connectivity index (χ0n) is 16.7. The van der Waals surface area contributed by atoms with Gasteiger partial charge < -0.3 is 0 Å². The summed E-state index contributed by atoms with van der Waals surface area (Å²) in [5, 5.41) is 15.5. The molecule has 4 fully saturated rings. The standard InChI is InChI=1S/C21H25N3O4S/c1-13-20(21-10-15-6-16(11-21)8-17(7-15)12-21)14(2)23(22-13)29(27,28)19-5-3-4-18(9-19)24(25)26/h3-5,9,15-17H,6-8,10-12H2,1-2H3. The molecule has 7 nitrogen and oxygen atoms in total. The summed E-state index contributed by atoms with van der Waals surface area (Å²) >= 11 is 0. The maximum Gasteiger partial charge on any atom is 0.283 e. The van der Waals surface area contributed by atoms with Crippen LogP contribution in [-0.4, -0.2) is 22.5 Å². The minimum Gasteiger partial charge on any atom is -0.258 e. The molecule has 154 valence electrons. The van der Waals surface area contributed by atoms with E-state index < -0.39 is 14.9 Å². The molecule has 0 aliphatic heterocycles. The number of nitrogens with zero attached hydrogens (tertiary/aromatic N) is 3. The fourth-order valence-electron chi connectivity index (χ4n) is 6.89. The zero-order valence-corrected chi connectivity index (χ0v) is 17.5. The molecule has 29 heavy (non-hydrogen) atoms. The molecule has 0 amide bonds. The first-order valence-corrected chi connectivity index (χ1v) is 11.7. The minimum absolute atomic E-state index is 0.0410. The van der Waals surface area contributed by atoms with E-state index in [1.807, 2.05) is 13.8 Å². The number of aromatic nitrogens is 2. The maximum absolute atomic E-state index is 13.3. The van der Waals surface area contributed by atoms with Crippen LogP contribution in [0.3, 0.4) is 0 Å². The highest BCUT2D eigenvalue weighted by Gasteiger charge is 2.53. The first kappa shape index (κ1) is 18.8. The molecule has 0 unspecified atom stereocenters. The third-order valence-corrected chi connectivity index (χ3v) is 9.03. The van der Waals surface area contributed by atoms with Crippen LogP contribution >= 0.6 is 0 Å². The lowest BCUT2D eigenvalue weighted by molar-refractivity contribution is -0.385. The van der Waals surface area contributed by atoms with Gasteiger partial charge in [0, 0.05) is 17.7 Å². The molecule has 4 bridgehead atoms. The van der Waals surface area contributed by atoms with Crippen LogP contribution in [-0.2, 0) is 15.4 Å². The van der Waals surface area contributed by atoms with Gasteiger partial charge in [-0.3, -0.25) is 10.1 Å². The van der Waals surface area contributed by atoms with Crippen molar-refractivity contribution in [1.29, 1.82) is 0 Å². The Kier molecular flexibility index (Phi) is 3.98. The fraction of sp³-hybridized carbons (Fsp3) is 0.571. The van der Waals surface area contributed by atoms with Gasteiger partial charge in [-0.15, -0.1) is 0 Å². The highest BCUT2D eigenvalue weighted by Crippen LogP contribution is 2.61. The first-order chi connectivity index (χ1) is 13.7. The van der Waals surface area contributed by atoms with Crippen molar-refractivity contribution in [3.8, 4) is 0 Å². The number of hydrogen-bond donors (Lipinski definition) is 0. The van der Waals surface area contributed by atoms with Gasteiger partial charge in [0.05, 0.1) is 21.2 Å². The van der Waals surface area contributed by atoms with E-state index in [-0.39, 0.29) is 16.0 Å². The van der Waals surface area contributed by atoms with Gasteiger partial charge in [0.25, 0.3) is 15.7 Å². The van der Waals surface area contributed by atoms with Crippen LogP contribution < -0.4 is 0 Å². The lowest BCUT2D eigenvalue weighted by Gasteiger charge is -2.57. The molecule has 0 spiro atoms. The lowest BCUT2D eigenvalue weighted by atomic mass is 9.48. The SMILES string of the molecule is Cc1nn(S(=O)(=O)c2cccc([N+](=O)[O-])c2)c(C)c1C12CC3CC(CC(C3)C1)C2. The second-order valence-corrected chi connectivity index (χ2v) is 11.1. The predicted octanol–water partition coefficient (Wildman–Crippen LogP) is 4.11. The molecule has 4 saturated carbocycles. The molecule has 1 aromatic carbocycles. The van der Waals surface area contributed by atoms with E-state index in [4.69, 9.17) is 0 Å². The highest BCUT2D eigenvalue weighted by molar-refractivity contribution is 7.89. The zero-order chi connectivity index (χ0) is 20.6. The Hall–Kier alpha value is -2.22. The molecule has 0 radical (unpaired) electrons. The van der Waals surface area contributed by atoms with E-state index in [1.165, 1.54) is 37.5 Å². The number of rotatable bonds is 4. The van der Waals surface area contributed by atoms with Crippen molar-refractivity contribution in [1.82, 2.24) is 9.19 Å². The van der Waals surface area contributed by atoms with Crippen molar-refractivity contribution in [2.75, 3.05) is 0 Å². The molecular weight excluding hydrogens is 390 g/mol. The third-order valence-electron chi connectivity index (χ3n) is 7.37. The second kappa shape index (κ2) is 6.14. The molecule has 6 rings (SSSR count). The Labute approximate surface area is 170 Å². The minimum atomic E-state index is -4.00. The molecule has 1 aromatic heterocycles. The van der Waals surface area contributed by atoms with E-state index >= 15 is 0 Å². The molecule has 4 aliphatic rings. The van der Waals surface area contributed by atoms with E-state index in [1.54, 1.807) is 0 Å². The maximum atomic E-state index is 13.3. The number of aryl methyl sites for hydroxylation is 1.